The number of benzene rings is 3. The van der Waals surface area contributed by atoms with Crippen molar-refractivity contribution in [2.24, 2.45) is 0 Å². The molecular weight excluding hydrogens is 522 g/mol. The second kappa shape index (κ2) is 12.2. The second-order valence-corrected chi connectivity index (χ2v) is 11.5. The number of fused-ring (bicyclic) bond motifs is 1. The second-order valence-electron chi connectivity index (χ2n) is 11.1. The molecule has 1 heterocycles. The number of aromatic amines is 1. The number of carbonyl (C=O) groups excluding carboxylic acids is 2. The van der Waals surface area contributed by atoms with Gasteiger partial charge in [0.2, 0.25) is 5.91 Å². The van der Waals surface area contributed by atoms with Gasteiger partial charge in [-0.3, -0.25) is 4.79 Å². The molecule has 2 amide bonds. The monoisotopic (exact) mass is 557 g/mol. The Labute approximate surface area is 240 Å². The third-order valence-corrected chi connectivity index (χ3v) is 8.42. The molecule has 1 fully saturated rings. The highest BCUT2D eigenvalue weighted by atomic mass is 35.5. The van der Waals surface area contributed by atoms with Crippen molar-refractivity contribution in [1.82, 2.24) is 15.6 Å². The van der Waals surface area contributed by atoms with Gasteiger partial charge in [0, 0.05) is 40.5 Å². The number of alkyl carbamates (subject to hydrolysis) is 1. The molecule has 1 aliphatic carbocycles. The van der Waals surface area contributed by atoms with E-state index in [1.807, 2.05) is 36.5 Å². The Balaban J connectivity index is 1.35. The van der Waals surface area contributed by atoms with Crippen LogP contribution in [-0.2, 0) is 28.0 Å². The van der Waals surface area contributed by atoms with E-state index in [2.05, 4.69) is 39.9 Å². The Kier molecular flexibility index (Phi) is 8.46. The topological polar surface area (TPSA) is 83.2 Å². The molecule has 208 valence electrons. The Morgan fingerprint density at radius 3 is 2.40 bits per heavy atom. The number of nitrogens with one attached hydrogen (secondary N) is 3. The molecule has 1 aliphatic rings. The first kappa shape index (κ1) is 27.8. The number of hydrogen-bond donors (Lipinski definition) is 3. The van der Waals surface area contributed by atoms with Crippen LogP contribution in [0.5, 0.6) is 0 Å². The highest BCUT2D eigenvalue weighted by Crippen LogP contribution is 2.39. The summed E-state index contributed by atoms with van der Waals surface area (Å²) in [6.07, 6.45) is 7.07. The van der Waals surface area contributed by atoms with Crippen LogP contribution < -0.4 is 10.6 Å². The van der Waals surface area contributed by atoms with E-state index in [4.69, 9.17) is 16.3 Å². The fourth-order valence-electron chi connectivity index (χ4n) is 5.86. The molecule has 5 rings (SSSR count). The average molecular weight is 558 g/mol. The van der Waals surface area contributed by atoms with Gasteiger partial charge in [-0.1, -0.05) is 91.5 Å². The van der Waals surface area contributed by atoms with Crippen molar-refractivity contribution in [2.45, 2.75) is 63.0 Å². The van der Waals surface area contributed by atoms with E-state index in [1.165, 1.54) is 12.0 Å². The quantitative estimate of drug-likeness (QED) is 0.206. The van der Waals surface area contributed by atoms with Gasteiger partial charge in [-0.15, -0.1) is 0 Å². The highest BCUT2D eigenvalue weighted by Gasteiger charge is 2.40. The summed E-state index contributed by atoms with van der Waals surface area (Å²) in [7, 11) is 0. The number of H-pyrrole nitrogens is 1. The van der Waals surface area contributed by atoms with Crippen molar-refractivity contribution in [3.63, 3.8) is 0 Å². The van der Waals surface area contributed by atoms with Crippen LogP contribution in [0.4, 0.5) is 4.79 Å². The SMILES string of the molecule is CC(Cc1c[nH]c2ccccc12)(NC(=O)OCc1ccc(Cl)cc1)C(=O)NCC1(c2ccccc2)CCCCC1. The van der Waals surface area contributed by atoms with Gasteiger partial charge in [0.25, 0.3) is 0 Å². The van der Waals surface area contributed by atoms with Crippen molar-refractivity contribution in [1.29, 1.82) is 0 Å². The van der Waals surface area contributed by atoms with Crippen molar-refractivity contribution >= 4 is 34.5 Å². The number of aromatic nitrogens is 1. The minimum Gasteiger partial charge on any atom is -0.445 e. The maximum atomic E-state index is 14.0. The van der Waals surface area contributed by atoms with Crippen molar-refractivity contribution in [3.05, 3.63) is 107 Å². The molecular formula is C33H36ClN3O3. The lowest BCUT2D eigenvalue weighted by molar-refractivity contribution is -0.127. The van der Waals surface area contributed by atoms with E-state index in [0.717, 1.165) is 47.7 Å². The first-order valence-electron chi connectivity index (χ1n) is 14.0. The first-order chi connectivity index (χ1) is 19.4. The zero-order valence-corrected chi connectivity index (χ0v) is 23.6. The van der Waals surface area contributed by atoms with E-state index < -0.39 is 11.6 Å². The Hall–Kier alpha value is -3.77. The fraction of sp³-hybridized carbons (Fsp3) is 0.333. The zero-order chi connectivity index (χ0) is 28.0. The standard InChI is InChI=1S/C33H36ClN3O3/c1-32(20-25-21-35-29-13-7-6-12-28(25)29,37-31(39)40-22-24-14-16-27(34)17-15-24)30(38)36-23-33(18-8-3-9-19-33)26-10-4-2-5-11-26/h2,4-7,10-17,21,35H,3,8-9,18-20,22-23H2,1H3,(H,36,38)(H,37,39). The Morgan fingerprint density at radius 2 is 1.65 bits per heavy atom. The largest absolute Gasteiger partial charge is 0.445 e. The van der Waals surface area contributed by atoms with Crippen molar-refractivity contribution in [3.8, 4) is 0 Å². The van der Waals surface area contributed by atoms with Gasteiger partial charge in [0.15, 0.2) is 0 Å². The summed E-state index contributed by atoms with van der Waals surface area (Å²) < 4.78 is 5.52. The third kappa shape index (κ3) is 6.34. The molecule has 7 heteroatoms. The van der Waals surface area contributed by atoms with Crippen molar-refractivity contribution < 1.29 is 14.3 Å². The van der Waals surface area contributed by atoms with Crippen LogP contribution in [0.2, 0.25) is 5.02 Å². The summed E-state index contributed by atoms with van der Waals surface area (Å²) in [6.45, 7) is 2.36. The fourth-order valence-corrected chi connectivity index (χ4v) is 5.99. The van der Waals surface area contributed by atoms with Crippen LogP contribution in [0.3, 0.4) is 0 Å². The van der Waals surface area contributed by atoms with Crippen LogP contribution >= 0.6 is 11.6 Å². The van der Waals surface area contributed by atoms with Crippen LogP contribution in [0, 0.1) is 0 Å². The van der Waals surface area contributed by atoms with Gasteiger partial charge in [0.1, 0.15) is 12.1 Å². The predicted molar refractivity (Wildman–Crippen MR) is 159 cm³/mol. The van der Waals surface area contributed by atoms with E-state index in [1.54, 1.807) is 31.2 Å². The van der Waals surface area contributed by atoms with Gasteiger partial charge in [-0.05, 0) is 54.7 Å². The summed E-state index contributed by atoms with van der Waals surface area (Å²) in [4.78, 5) is 30.3. The summed E-state index contributed by atoms with van der Waals surface area (Å²) in [5.74, 6) is -0.234. The van der Waals surface area contributed by atoms with Gasteiger partial charge in [-0.2, -0.15) is 0 Å². The van der Waals surface area contributed by atoms with Gasteiger partial charge < -0.3 is 20.4 Å². The number of hydrogen-bond acceptors (Lipinski definition) is 3. The van der Waals surface area contributed by atoms with Crippen LogP contribution in [0.25, 0.3) is 10.9 Å². The average Bonchev–Trinajstić information content (AvgIpc) is 3.39. The number of ether oxygens (including phenoxy) is 1. The minimum absolute atomic E-state index is 0.0743. The molecule has 0 saturated heterocycles. The Morgan fingerprint density at radius 1 is 0.950 bits per heavy atom. The van der Waals surface area contributed by atoms with E-state index in [0.29, 0.717) is 18.0 Å². The van der Waals surface area contributed by atoms with Crippen molar-refractivity contribution in [2.75, 3.05) is 6.54 Å². The summed E-state index contributed by atoms with van der Waals surface area (Å²) in [5.41, 5.74) is 2.63. The molecule has 40 heavy (non-hydrogen) atoms. The predicted octanol–water partition coefficient (Wildman–Crippen LogP) is 7.07. The normalized spacial score (nSPS) is 16.1. The summed E-state index contributed by atoms with van der Waals surface area (Å²) in [6, 6.07) is 25.5. The van der Waals surface area contributed by atoms with Crippen LogP contribution in [0.1, 0.15) is 55.7 Å². The zero-order valence-electron chi connectivity index (χ0n) is 22.8. The molecule has 1 atom stereocenters. The molecule has 0 aliphatic heterocycles. The summed E-state index contributed by atoms with van der Waals surface area (Å²) in [5, 5.41) is 7.78. The number of carbonyl (C=O) groups is 2. The molecule has 4 aromatic rings. The molecule has 6 nitrogen and oxygen atoms in total. The molecule has 3 aromatic carbocycles. The lowest BCUT2D eigenvalue weighted by atomic mass is 9.69. The molecule has 1 unspecified atom stereocenters. The molecule has 1 saturated carbocycles. The highest BCUT2D eigenvalue weighted by molar-refractivity contribution is 6.30. The first-order valence-corrected chi connectivity index (χ1v) is 14.3. The molecule has 0 bridgehead atoms. The lowest BCUT2D eigenvalue weighted by Gasteiger charge is -2.39. The van der Waals surface area contributed by atoms with E-state index in [-0.39, 0.29) is 17.9 Å². The minimum atomic E-state index is -1.24. The molecule has 0 radical (unpaired) electrons. The van der Waals surface area contributed by atoms with Gasteiger partial charge >= 0.3 is 6.09 Å². The molecule has 3 N–H and O–H groups in total. The van der Waals surface area contributed by atoms with Gasteiger partial charge in [0.05, 0.1) is 0 Å². The Bertz CT molecular complexity index is 1440. The smallest absolute Gasteiger partial charge is 0.408 e. The van der Waals surface area contributed by atoms with Gasteiger partial charge in [-0.25, -0.2) is 4.79 Å². The van der Waals surface area contributed by atoms with Crippen LogP contribution in [0.15, 0.2) is 85.1 Å². The number of rotatable bonds is 9. The third-order valence-electron chi connectivity index (χ3n) is 8.17. The van der Waals surface area contributed by atoms with Crippen LogP contribution in [-0.4, -0.2) is 29.1 Å². The summed E-state index contributed by atoms with van der Waals surface area (Å²) >= 11 is 5.97. The number of para-hydroxylation sites is 1. The number of amides is 2. The molecule has 1 aromatic heterocycles. The number of halogens is 1. The van der Waals surface area contributed by atoms with E-state index in [9.17, 15) is 9.59 Å². The maximum absolute atomic E-state index is 14.0. The lowest BCUT2D eigenvalue weighted by Crippen LogP contribution is -2.59. The maximum Gasteiger partial charge on any atom is 0.408 e. The molecule has 0 spiro atoms. The van der Waals surface area contributed by atoms with E-state index >= 15 is 0 Å².